The quantitative estimate of drug-likeness (QED) is 0.543. The highest BCUT2D eigenvalue weighted by atomic mass is 79.9. The molecule has 2 aromatic rings. The summed E-state index contributed by atoms with van der Waals surface area (Å²) in [6, 6.07) is 10.1. The van der Waals surface area contributed by atoms with Crippen LogP contribution in [0.25, 0.3) is 0 Å². The first kappa shape index (κ1) is 21.3. The molecule has 0 aliphatic carbocycles. The molecular formula is C22H25BrCl2N2O2. The number of methoxy groups -OCH3 is 1. The fraction of sp³-hybridized carbons (Fsp3) is 0.455. The highest BCUT2D eigenvalue weighted by Crippen LogP contribution is 2.38. The minimum atomic E-state index is 0.335. The lowest BCUT2D eigenvalue weighted by Crippen LogP contribution is -2.55. The molecule has 0 amide bonds. The van der Waals surface area contributed by atoms with E-state index >= 15 is 0 Å². The largest absolute Gasteiger partial charge is 0.493 e. The van der Waals surface area contributed by atoms with E-state index in [0.29, 0.717) is 34.2 Å². The van der Waals surface area contributed by atoms with Crippen LogP contribution in [-0.2, 0) is 13.2 Å². The summed E-state index contributed by atoms with van der Waals surface area (Å²) in [5.74, 6) is 2.18. The monoisotopic (exact) mass is 498 g/mol. The van der Waals surface area contributed by atoms with Gasteiger partial charge < -0.3 is 19.7 Å². The van der Waals surface area contributed by atoms with Crippen LogP contribution in [0, 0.1) is 5.92 Å². The first-order valence-corrected chi connectivity index (χ1v) is 11.5. The summed E-state index contributed by atoms with van der Waals surface area (Å²) >= 11 is 15.9. The molecule has 1 atom stereocenters. The van der Waals surface area contributed by atoms with Crippen LogP contribution < -0.4 is 14.8 Å². The third kappa shape index (κ3) is 5.02. The molecule has 156 valence electrons. The second-order valence-electron chi connectivity index (χ2n) is 7.76. The summed E-state index contributed by atoms with van der Waals surface area (Å²) in [5.41, 5.74) is 2.04. The molecule has 3 saturated heterocycles. The van der Waals surface area contributed by atoms with Crippen molar-refractivity contribution in [1.82, 2.24) is 10.2 Å². The molecule has 0 saturated carbocycles. The van der Waals surface area contributed by atoms with E-state index < -0.39 is 0 Å². The number of nitrogens with one attached hydrogen (secondary N) is 1. The molecular weight excluding hydrogens is 475 g/mol. The molecule has 3 aliphatic rings. The van der Waals surface area contributed by atoms with Gasteiger partial charge in [0.05, 0.1) is 11.6 Å². The van der Waals surface area contributed by atoms with Crippen LogP contribution >= 0.6 is 39.1 Å². The predicted octanol–water partition coefficient (Wildman–Crippen LogP) is 5.53. The normalized spacial score (nSPS) is 23.2. The van der Waals surface area contributed by atoms with Crippen molar-refractivity contribution in [2.24, 2.45) is 5.92 Å². The summed E-state index contributed by atoms with van der Waals surface area (Å²) in [7, 11) is 1.66. The molecule has 1 unspecified atom stereocenters. The van der Waals surface area contributed by atoms with Gasteiger partial charge in [-0.15, -0.1) is 0 Å². The average Bonchev–Trinajstić information content (AvgIpc) is 2.73. The van der Waals surface area contributed by atoms with Gasteiger partial charge in [0.15, 0.2) is 11.5 Å². The molecule has 5 rings (SSSR count). The summed E-state index contributed by atoms with van der Waals surface area (Å²) in [5, 5.41) is 4.95. The second-order valence-corrected chi connectivity index (χ2v) is 9.46. The number of nitrogens with zero attached hydrogens (tertiary/aromatic N) is 1. The lowest BCUT2D eigenvalue weighted by atomic mass is 9.84. The Labute approximate surface area is 190 Å². The van der Waals surface area contributed by atoms with Crippen LogP contribution in [0.2, 0.25) is 10.0 Å². The van der Waals surface area contributed by atoms with Crippen LogP contribution in [0.1, 0.15) is 24.0 Å². The number of halogens is 3. The minimum absolute atomic E-state index is 0.335. The van der Waals surface area contributed by atoms with E-state index in [4.69, 9.17) is 32.7 Å². The molecule has 1 N–H and O–H groups in total. The summed E-state index contributed by atoms with van der Waals surface area (Å²) in [6.45, 7) is 4.82. The van der Waals surface area contributed by atoms with Crippen LogP contribution in [0.3, 0.4) is 0 Å². The van der Waals surface area contributed by atoms with Crippen molar-refractivity contribution in [3.63, 3.8) is 0 Å². The van der Waals surface area contributed by atoms with Gasteiger partial charge in [-0.3, -0.25) is 0 Å². The Balaban J connectivity index is 1.42. The first-order valence-electron chi connectivity index (χ1n) is 9.92. The zero-order chi connectivity index (χ0) is 20.4. The van der Waals surface area contributed by atoms with Gasteiger partial charge in [-0.1, -0.05) is 29.3 Å². The van der Waals surface area contributed by atoms with E-state index in [0.717, 1.165) is 29.0 Å². The molecule has 3 heterocycles. The maximum Gasteiger partial charge on any atom is 0.175 e. The first-order chi connectivity index (χ1) is 14.0. The van der Waals surface area contributed by atoms with E-state index in [1.807, 2.05) is 18.2 Å². The minimum Gasteiger partial charge on any atom is -0.493 e. The number of rotatable bonds is 7. The Morgan fingerprint density at radius 2 is 1.97 bits per heavy atom. The number of piperidine rings is 3. The molecule has 29 heavy (non-hydrogen) atoms. The number of hydrogen-bond donors (Lipinski definition) is 1. The van der Waals surface area contributed by atoms with Gasteiger partial charge in [-0.25, -0.2) is 0 Å². The maximum atomic E-state index is 6.26. The molecule has 2 bridgehead atoms. The predicted molar refractivity (Wildman–Crippen MR) is 121 cm³/mol. The van der Waals surface area contributed by atoms with Gasteiger partial charge in [0.1, 0.15) is 6.61 Å². The molecule has 3 aliphatic heterocycles. The van der Waals surface area contributed by atoms with Gasteiger partial charge in [-0.05, 0) is 77.6 Å². The Bertz CT molecular complexity index is 872. The standard InChI is InChI=1S/C22H25BrCl2N2O2/c1-28-21-9-14(11-26-20-12-27-6-4-15(20)5-7-27)8-18(23)22(21)29-13-16-2-3-17(24)10-19(16)25/h2-3,8-10,15,20,26H,4-7,11-13H2,1H3. The third-order valence-electron chi connectivity index (χ3n) is 5.90. The number of benzene rings is 2. The summed E-state index contributed by atoms with van der Waals surface area (Å²) in [6.07, 6.45) is 2.62. The number of hydrogen-bond acceptors (Lipinski definition) is 4. The van der Waals surface area contributed by atoms with Crippen molar-refractivity contribution in [3.05, 3.63) is 56.0 Å². The van der Waals surface area contributed by atoms with Crippen molar-refractivity contribution >= 4 is 39.1 Å². The lowest BCUT2D eigenvalue weighted by Gasteiger charge is -2.45. The topological polar surface area (TPSA) is 33.7 Å². The molecule has 3 fully saturated rings. The third-order valence-corrected chi connectivity index (χ3v) is 7.08. The Morgan fingerprint density at radius 1 is 1.17 bits per heavy atom. The SMILES string of the molecule is COc1cc(CNC2CN3CCC2CC3)cc(Br)c1OCc1ccc(Cl)cc1Cl. The van der Waals surface area contributed by atoms with Gasteiger partial charge in [0, 0.05) is 34.7 Å². The van der Waals surface area contributed by atoms with Crippen LogP contribution in [0.5, 0.6) is 11.5 Å². The Hall–Kier alpha value is -0.980. The molecule has 4 nitrogen and oxygen atoms in total. The Morgan fingerprint density at radius 3 is 2.62 bits per heavy atom. The Kier molecular flexibility index (Phi) is 6.92. The fourth-order valence-corrected chi connectivity index (χ4v) is 5.32. The second kappa shape index (κ2) is 9.44. The van der Waals surface area contributed by atoms with Crippen LogP contribution in [0.4, 0.5) is 0 Å². The molecule has 7 heteroatoms. The van der Waals surface area contributed by atoms with E-state index in [1.54, 1.807) is 13.2 Å². The average molecular weight is 500 g/mol. The summed E-state index contributed by atoms with van der Waals surface area (Å²) < 4.78 is 12.5. The number of ether oxygens (including phenoxy) is 2. The van der Waals surface area contributed by atoms with E-state index in [2.05, 4.69) is 32.2 Å². The van der Waals surface area contributed by atoms with Gasteiger partial charge in [-0.2, -0.15) is 0 Å². The van der Waals surface area contributed by atoms with E-state index in [-0.39, 0.29) is 0 Å². The lowest BCUT2D eigenvalue weighted by molar-refractivity contribution is 0.0720. The summed E-state index contributed by atoms with van der Waals surface area (Å²) in [4.78, 5) is 2.56. The fourth-order valence-electron chi connectivity index (χ4n) is 4.25. The van der Waals surface area contributed by atoms with Crippen LogP contribution in [-0.4, -0.2) is 37.7 Å². The van der Waals surface area contributed by atoms with Gasteiger partial charge in [0.2, 0.25) is 0 Å². The highest BCUT2D eigenvalue weighted by molar-refractivity contribution is 9.10. The van der Waals surface area contributed by atoms with Gasteiger partial charge in [0.25, 0.3) is 0 Å². The highest BCUT2D eigenvalue weighted by Gasteiger charge is 2.33. The smallest absolute Gasteiger partial charge is 0.175 e. The van der Waals surface area contributed by atoms with Gasteiger partial charge >= 0.3 is 0 Å². The van der Waals surface area contributed by atoms with Crippen molar-refractivity contribution in [2.75, 3.05) is 26.7 Å². The number of fused-ring (bicyclic) bond motifs is 3. The van der Waals surface area contributed by atoms with Crippen molar-refractivity contribution in [2.45, 2.75) is 32.0 Å². The molecule has 2 aromatic carbocycles. The van der Waals surface area contributed by atoms with E-state index in [1.165, 1.54) is 31.5 Å². The molecule has 0 spiro atoms. The zero-order valence-electron chi connectivity index (χ0n) is 16.4. The molecule has 0 aromatic heterocycles. The van der Waals surface area contributed by atoms with E-state index in [9.17, 15) is 0 Å². The van der Waals surface area contributed by atoms with Crippen molar-refractivity contribution in [3.8, 4) is 11.5 Å². The maximum absolute atomic E-state index is 6.26. The van der Waals surface area contributed by atoms with Crippen LogP contribution in [0.15, 0.2) is 34.8 Å². The van der Waals surface area contributed by atoms with Crippen molar-refractivity contribution in [1.29, 1.82) is 0 Å². The zero-order valence-corrected chi connectivity index (χ0v) is 19.5. The van der Waals surface area contributed by atoms with Crippen molar-refractivity contribution < 1.29 is 9.47 Å². The molecule has 0 radical (unpaired) electrons.